The molecule has 0 fully saturated rings. The third-order valence-electron chi connectivity index (χ3n) is 1.01. The Morgan fingerprint density at radius 2 is 2.64 bits per heavy atom. The fraction of sp³-hybridized carbons (Fsp3) is 0.500. The number of nitrogens with one attached hydrogen (secondary N) is 1. The molecule has 0 aliphatic carbocycles. The monoisotopic (exact) mass is 159 g/mol. The Bertz CT molecular complexity index is 225. The number of rotatable bonds is 3. The van der Waals surface area contributed by atoms with E-state index in [-0.39, 0.29) is 1.43 Å². The van der Waals surface area contributed by atoms with Crippen LogP contribution >= 0.6 is 0 Å². The van der Waals surface area contributed by atoms with Crippen molar-refractivity contribution < 1.29 is 11.3 Å². The van der Waals surface area contributed by atoms with Gasteiger partial charge in [-0.05, 0) is 10.4 Å². The number of aromatic nitrogens is 4. The molecule has 1 rings (SSSR count). The molecule has 2 N–H and O–H groups in total. The Hall–Kier alpha value is -1.66. The predicted molar refractivity (Wildman–Crippen MR) is 36.0 cm³/mol. The molecule has 0 atom stereocenters. The average molecular weight is 159 g/mol. The first-order valence-corrected chi connectivity index (χ1v) is 2.96. The van der Waals surface area contributed by atoms with Crippen LogP contribution < -0.4 is 5.32 Å². The lowest BCUT2D eigenvalue weighted by molar-refractivity contribution is 0.194. The molecular weight excluding hydrogens is 150 g/mol. The third kappa shape index (κ3) is 2.61. The van der Waals surface area contributed by atoms with E-state index in [0.717, 1.165) is 0 Å². The van der Waals surface area contributed by atoms with Crippen molar-refractivity contribution in [2.75, 3.05) is 6.54 Å². The molecule has 11 heavy (non-hydrogen) atoms. The van der Waals surface area contributed by atoms with Crippen molar-refractivity contribution in [1.29, 1.82) is 0 Å². The molecule has 0 aliphatic heterocycles. The largest absolute Gasteiger partial charge is 0.465 e. The molecule has 0 saturated carbocycles. The minimum absolute atomic E-state index is 0. The quantitative estimate of drug-likeness (QED) is 0.601. The zero-order valence-corrected chi connectivity index (χ0v) is 5.64. The van der Waals surface area contributed by atoms with Crippen LogP contribution in [-0.2, 0) is 6.54 Å². The van der Waals surface area contributed by atoms with E-state index in [4.69, 9.17) is 5.11 Å². The number of hydrogen-bond acceptors (Lipinski definition) is 4. The Labute approximate surface area is 63.5 Å². The Kier molecular flexibility index (Phi) is 2.37. The van der Waals surface area contributed by atoms with Crippen LogP contribution in [0.2, 0.25) is 0 Å². The molecule has 0 unspecified atom stereocenters. The van der Waals surface area contributed by atoms with Gasteiger partial charge in [0.05, 0.1) is 6.54 Å². The van der Waals surface area contributed by atoms with Crippen LogP contribution in [0.1, 0.15) is 1.43 Å². The fourth-order valence-corrected chi connectivity index (χ4v) is 0.560. The molecule has 7 nitrogen and oxygen atoms in total. The molecule has 0 saturated heterocycles. The first-order valence-electron chi connectivity index (χ1n) is 2.96. The summed E-state index contributed by atoms with van der Waals surface area (Å²) < 4.78 is 1.44. The van der Waals surface area contributed by atoms with E-state index in [1.54, 1.807) is 0 Å². The number of nitrogens with zero attached hydrogens (tertiary/aromatic N) is 4. The summed E-state index contributed by atoms with van der Waals surface area (Å²) in [6, 6.07) is 0. The summed E-state index contributed by atoms with van der Waals surface area (Å²) in [6.07, 6.45) is 0.377. The maximum absolute atomic E-state index is 9.96. The summed E-state index contributed by atoms with van der Waals surface area (Å²) in [4.78, 5) is 9.96. The number of hydrogen-bond donors (Lipinski definition) is 2. The van der Waals surface area contributed by atoms with Gasteiger partial charge in [-0.25, -0.2) is 9.48 Å². The van der Waals surface area contributed by atoms with E-state index in [1.807, 2.05) is 0 Å². The van der Waals surface area contributed by atoms with Crippen LogP contribution in [-0.4, -0.2) is 38.0 Å². The first-order chi connectivity index (χ1) is 5.29. The first kappa shape index (κ1) is 7.45. The molecule has 1 aromatic rings. The normalized spacial score (nSPS) is 9.45. The second-order valence-corrected chi connectivity index (χ2v) is 1.80. The van der Waals surface area contributed by atoms with Crippen molar-refractivity contribution in [2.45, 2.75) is 6.54 Å². The van der Waals surface area contributed by atoms with Crippen LogP contribution in [0.3, 0.4) is 0 Å². The average Bonchev–Trinajstić information content (AvgIpc) is 2.39. The second-order valence-electron chi connectivity index (χ2n) is 1.80. The number of carboxylic acid groups (broad SMARTS) is 1. The summed E-state index contributed by atoms with van der Waals surface area (Å²) in [7, 11) is 0. The van der Waals surface area contributed by atoms with Crippen molar-refractivity contribution in [3.8, 4) is 0 Å². The highest BCUT2D eigenvalue weighted by atomic mass is 16.4. The van der Waals surface area contributed by atoms with Crippen LogP contribution in [0.25, 0.3) is 0 Å². The lowest BCUT2D eigenvalue weighted by Crippen LogP contribution is -2.25. The van der Waals surface area contributed by atoms with Crippen molar-refractivity contribution in [3.05, 3.63) is 6.33 Å². The highest BCUT2D eigenvalue weighted by Gasteiger charge is 1.94. The molecule has 1 heterocycles. The van der Waals surface area contributed by atoms with E-state index < -0.39 is 6.09 Å². The molecule has 0 spiro atoms. The predicted octanol–water partition coefficient (Wildman–Crippen LogP) is -0.813. The zero-order valence-electron chi connectivity index (χ0n) is 5.64. The summed E-state index contributed by atoms with van der Waals surface area (Å²) in [5.74, 6) is 0. The number of amides is 1. The molecule has 7 heteroatoms. The van der Waals surface area contributed by atoms with Gasteiger partial charge in [0.15, 0.2) is 0 Å². The van der Waals surface area contributed by atoms with E-state index in [9.17, 15) is 4.79 Å². The third-order valence-corrected chi connectivity index (χ3v) is 1.01. The lowest BCUT2D eigenvalue weighted by atomic mass is 10.6. The molecule has 0 bridgehead atoms. The van der Waals surface area contributed by atoms with Gasteiger partial charge in [-0.15, -0.1) is 5.10 Å². The van der Waals surface area contributed by atoms with E-state index >= 15 is 0 Å². The zero-order chi connectivity index (χ0) is 8.10. The van der Waals surface area contributed by atoms with E-state index in [2.05, 4.69) is 20.8 Å². The van der Waals surface area contributed by atoms with Gasteiger partial charge in [0.2, 0.25) is 0 Å². The summed E-state index contributed by atoms with van der Waals surface area (Å²) >= 11 is 0. The molecule has 62 valence electrons. The summed E-state index contributed by atoms with van der Waals surface area (Å²) in [6.45, 7) is 0.750. The molecule has 0 radical (unpaired) electrons. The van der Waals surface area contributed by atoms with Crippen molar-refractivity contribution >= 4 is 6.09 Å². The number of carbonyl (C=O) groups is 1. The molecule has 1 aromatic heterocycles. The Morgan fingerprint density at radius 3 is 3.18 bits per heavy atom. The fourth-order valence-electron chi connectivity index (χ4n) is 0.560. The minimum Gasteiger partial charge on any atom is -0.465 e. The van der Waals surface area contributed by atoms with Gasteiger partial charge < -0.3 is 10.4 Å². The second kappa shape index (κ2) is 3.49. The van der Waals surface area contributed by atoms with Gasteiger partial charge in [-0.3, -0.25) is 0 Å². The SMILES string of the molecule is O=C(O)NCCn1cnnn1.[HH]. The van der Waals surface area contributed by atoms with Crippen LogP contribution in [0, 0.1) is 0 Å². The smallest absolute Gasteiger partial charge is 0.404 e. The summed E-state index contributed by atoms with van der Waals surface area (Å²) in [5, 5.41) is 20.6. The highest BCUT2D eigenvalue weighted by Crippen LogP contribution is 1.74. The van der Waals surface area contributed by atoms with Gasteiger partial charge in [0.25, 0.3) is 0 Å². The van der Waals surface area contributed by atoms with Crippen LogP contribution in [0.5, 0.6) is 0 Å². The van der Waals surface area contributed by atoms with Crippen LogP contribution in [0.15, 0.2) is 6.33 Å². The standard InChI is InChI=1S/C4H7N5O2.H2/c10-4(11)5-1-2-9-3-6-7-8-9;/h3,5H,1-2H2,(H,10,11);1H. The van der Waals surface area contributed by atoms with Gasteiger partial charge in [0, 0.05) is 7.97 Å². The molecule has 1 amide bonds. The van der Waals surface area contributed by atoms with Gasteiger partial charge in [0.1, 0.15) is 6.33 Å². The van der Waals surface area contributed by atoms with Gasteiger partial charge >= 0.3 is 6.09 Å². The van der Waals surface area contributed by atoms with Gasteiger partial charge in [-0.1, -0.05) is 0 Å². The lowest BCUT2D eigenvalue weighted by Gasteiger charge is -1.97. The highest BCUT2D eigenvalue weighted by molar-refractivity contribution is 5.64. The Balaban J connectivity index is 0.00000121. The van der Waals surface area contributed by atoms with Crippen molar-refractivity contribution in [2.24, 2.45) is 0 Å². The maximum Gasteiger partial charge on any atom is 0.404 e. The minimum atomic E-state index is -1.04. The molecular formula is C4H9N5O2. The van der Waals surface area contributed by atoms with Gasteiger partial charge in [-0.2, -0.15) is 0 Å². The van der Waals surface area contributed by atoms with E-state index in [1.165, 1.54) is 11.0 Å². The number of tetrazole rings is 1. The van der Waals surface area contributed by atoms with E-state index in [0.29, 0.717) is 13.1 Å². The molecule has 0 aliphatic rings. The molecule has 0 aromatic carbocycles. The van der Waals surface area contributed by atoms with Crippen molar-refractivity contribution in [3.63, 3.8) is 0 Å². The maximum atomic E-state index is 9.96. The Morgan fingerprint density at radius 1 is 1.82 bits per heavy atom. The van der Waals surface area contributed by atoms with Crippen molar-refractivity contribution in [1.82, 2.24) is 25.5 Å². The summed E-state index contributed by atoms with van der Waals surface area (Å²) in [5.41, 5.74) is 0. The van der Waals surface area contributed by atoms with Crippen LogP contribution in [0.4, 0.5) is 4.79 Å². The topological polar surface area (TPSA) is 92.9 Å².